The first-order chi connectivity index (χ1) is 11.1. The van der Waals surface area contributed by atoms with E-state index >= 15 is 0 Å². The molecule has 0 radical (unpaired) electrons. The molecule has 23 heavy (non-hydrogen) atoms. The van der Waals surface area contributed by atoms with Gasteiger partial charge in [0.15, 0.2) is 0 Å². The van der Waals surface area contributed by atoms with Crippen LogP contribution >= 0.6 is 0 Å². The molecule has 0 fully saturated rings. The van der Waals surface area contributed by atoms with Crippen molar-refractivity contribution in [1.82, 2.24) is 4.90 Å². The van der Waals surface area contributed by atoms with Crippen LogP contribution in [0.5, 0.6) is 0 Å². The molecular formula is C19H18N2O2. The zero-order valence-corrected chi connectivity index (χ0v) is 13.5. The van der Waals surface area contributed by atoms with Gasteiger partial charge in [-0.05, 0) is 42.3 Å². The summed E-state index contributed by atoms with van der Waals surface area (Å²) in [7, 11) is 0. The number of benzene rings is 2. The highest BCUT2D eigenvalue weighted by molar-refractivity contribution is 6.21. The van der Waals surface area contributed by atoms with E-state index in [1.807, 2.05) is 20.8 Å². The summed E-state index contributed by atoms with van der Waals surface area (Å²) in [6, 6.07) is 14.2. The lowest BCUT2D eigenvalue weighted by Gasteiger charge is -2.15. The van der Waals surface area contributed by atoms with Gasteiger partial charge in [0.2, 0.25) is 0 Å². The van der Waals surface area contributed by atoms with Crippen LogP contribution in [0.4, 0.5) is 0 Å². The standard InChI is InChI=1S/C17H12N2O2.C2H6/c1-11-8-12(9-18)6-7-13(11)10-19-16(20)14-4-2-3-5-15(14)17(19)21;1-2/h2-8H,10H2,1H3;1-2H3. The molecule has 0 N–H and O–H groups in total. The first-order valence-corrected chi connectivity index (χ1v) is 7.56. The van der Waals surface area contributed by atoms with Crippen LogP contribution in [-0.4, -0.2) is 16.7 Å². The van der Waals surface area contributed by atoms with Crippen molar-refractivity contribution in [2.24, 2.45) is 0 Å². The minimum atomic E-state index is -0.264. The molecule has 2 aromatic rings. The largest absolute Gasteiger partial charge is 0.270 e. The third-order valence-electron chi connectivity index (χ3n) is 3.68. The topological polar surface area (TPSA) is 61.2 Å². The summed E-state index contributed by atoms with van der Waals surface area (Å²) in [6.07, 6.45) is 0. The molecule has 0 aromatic heterocycles. The fourth-order valence-corrected chi connectivity index (χ4v) is 2.50. The quantitative estimate of drug-likeness (QED) is 0.795. The van der Waals surface area contributed by atoms with Crippen molar-refractivity contribution < 1.29 is 9.59 Å². The lowest BCUT2D eigenvalue weighted by atomic mass is 10.1. The molecular weight excluding hydrogens is 288 g/mol. The minimum absolute atomic E-state index is 0.226. The number of carbonyl (C=O) groups excluding carboxylic acids is 2. The van der Waals surface area contributed by atoms with E-state index in [0.717, 1.165) is 11.1 Å². The molecule has 4 nitrogen and oxygen atoms in total. The Balaban J connectivity index is 0.000000924. The fourth-order valence-electron chi connectivity index (χ4n) is 2.50. The molecule has 1 aliphatic heterocycles. The van der Waals surface area contributed by atoms with E-state index in [-0.39, 0.29) is 18.4 Å². The van der Waals surface area contributed by atoms with Gasteiger partial charge in [-0.1, -0.05) is 32.0 Å². The third kappa shape index (κ3) is 3.00. The monoisotopic (exact) mass is 306 g/mol. The van der Waals surface area contributed by atoms with Gasteiger partial charge in [0.05, 0.1) is 29.3 Å². The normalized spacial score (nSPS) is 12.3. The van der Waals surface area contributed by atoms with Crippen LogP contribution < -0.4 is 0 Å². The fraction of sp³-hybridized carbons (Fsp3) is 0.211. The van der Waals surface area contributed by atoms with Crippen molar-refractivity contribution in [1.29, 1.82) is 5.26 Å². The number of aryl methyl sites for hydroxylation is 1. The van der Waals surface area contributed by atoms with Crippen molar-refractivity contribution in [3.63, 3.8) is 0 Å². The highest BCUT2D eigenvalue weighted by Gasteiger charge is 2.35. The first-order valence-electron chi connectivity index (χ1n) is 7.56. The van der Waals surface area contributed by atoms with Gasteiger partial charge >= 0.3 is 0 Å². The molecule has 2 aromatic carbocycles. The van der Waals surface area contributed by atoms with Crippen molar-refractivity contribution in [3.05, 3.63) is 70.3 Å². The average molecular weight is 306 g/mol. The van der Waals surface area contributed by atoms with Crippen LogP contribution in [0, 0.1) is 18.3 Å². The second kappa shape index (κ2) is 6.89. The van der Waals surface area contributed by atoms with Crippen LogP contribution in [0.3, 0.4) is 0 Å². The molecule has 116 valence electrons. The van der Waals surface area contributed by atoms with Crippen molar-refractivity contribution in [2.45, 2.75) is 27.3 Å². The Bertz CT molecular complexity index is 768. The Morgan fingerprint density at radius 3 is 2.04 bits per heavy atom. The number of nitriles is 1. The van der Waals surface area contributed by atoms with Gasteiger partial charge in [0.1, 0.15) is 0 Å². The number of rotatable bonds is 2. The van der Waals surface area contributed by atoms with Gasteiger partial charge in [-0.25, -0.2) is 0 Å². The highest BCUT2D eigenvalue weighted by Crippen LogP contribution is 2.25. The van der Waals surface area contributed by atoms with E-state index in [0.29, 0.717) is 16.7 Å². The zero-order valence-electron chi connectivity index (χ0n) is 13.5. The maximum absolute atomic E-state index is 12.3. The second-order valence-corrected chi connectivity index (χ2v) is 5.00. The van der Waals surface area contributed by atoms with Gasteiger partial charge in [-0.15, -0.1) is 0 Å². The van der Waals surface area contributed by atoms with Crippen molar-refractivity contribution >= 4 is 11.8 Å². The third-order valence-corrected chi connectivity index (χ3v) is 3.68. The molecule has 2 amide bonds. The van der Waals surface area contributed by atoms with Crippen LogP contribution in [0.15, 0.2) is 42.5 Å². The van der Waals surface area contributed by atoms with E-state index in [1.165, 1.54) is 4.90 Å². The maximum Gasteiger partial charge on any atom is 0.261 e. The molecule has 3 rings (SSSR count). The Hall–Kier alpha value is -2.93. The smallest absolute Gasteiger partial charge is 0.261 e. The summed E-state index contributed by atoms with van der Waals surface area (Å²) < 4.78 is 0. The van der Waals surface area contributed by atoms with Crippen LogP contribution in [0.2, 0.25) is 0 Å². The average Bonchev–Trinajstić information content (AvgIpc) is 2.83. The number of nitrogens with zero attached hydrogens (tertiary/aromatic N) is 2. The Morgan fingerprint density at radius 2 is 1.57 bits per heavy atom. The number of hydrogen-bond acceptors (Lipinski definition) is 3. The number of fused-ring (bicyclic) bond motifs is 1. The highest BCUT2D eigenvalue weighted by atomic mass is 16.2. The van der Waals surface area contributed by atoms with Crippen LogP contribution in [0.1, 0.15) is 51.3 Å². The molecule has 1 heterocycles. The lowest BCUT2D eigenvalue weighted by Crippen LogP contribution is -2.29. The van der Waals surface area contributed by atoms with E-state index < -0.39 is 0 Å². The van der Waals surface area contributed by atoms with Gasteiger partial charge in [-0.3, -0.25) is 14.5 Å². The first kappa shape index (κ1) is 16.4. The number of imide groups is 1. The van der Waals surface area contributed by atoms with E-state index in [4.69, 9.17) is 5.26 Å². The molecule has 1 aliphatic rings. The predicted molar refractivity (Wildman–Crippen MR) is 87.9 cm³/mol. The van der Waals surface area contributed by atoms with Gasteiger partial charge < -0.3 is 0 Å². The molecule has 0 unspecified atom stereocenters. The predicted octanol–water partition coefficient (Wildman–Crippen LogP) is 3.69. The number of amides is 2. The van der Waals surface area contributed by atoms with Crippen molar-refractivity contribution in [3.8, 4) is 6.07 Å². The molecule has 4 heteroatoms. The van der Waals surface area contributed by atoms with E-state index in [1.54, 1.807) is 42.5 Å². The summed E-state index contributed by atoms with van der Waals surface area (Å²) >= 11 is 0. The zero-order chi connectivity index (χ0) is 17.0. The molecule has 0 aliphatic carbocycles. The van der Waals surface area contributed by atoms with E-state index in [2.05, 4.69) is 6.07 Å². The van der Waals surface area contributed by atoms with Crippen molar-refractivity contribution in [2.75, 3.05) is 0 Å². The molecule has 0 spiro atoms. The lowest BCUT2D eigenvalue weighted by molar-refractivity contribution is 0.0642. The summed E-state index contributed by atoms with van der Waals surface area (Å²) in [5.74, 6) is -0.529. The van der Waals surface area contributed by atoms with Gasteiger partial charge in [0.25, 0.3) is 11.8 Å². The molecule has 0 saturated heterocycles. The van der Waals surface area contributed by atoms with E-state index in [9.17, 15) is 9.59 Å². The maximum atomic E-state index is 12.3. The van der Waals surface area contributed by atoms with Crippen LogP contribution in [-0.2, 0) is 6.54 Å². The molecule has 0 saturated carbocycles. The minimum Gasteiger partial charge on any atom is -0.270 e. The number of hydrogen-bond donors (Lipinski definition) is 0. The summed E-state index contributed by atoms with van der Waals surface area (Å²) in [5.41, 5.74) is 3.23. The Labute approximate surface area is 136 Å². The van der Waals surface area contributed by atoms with Gasteiger partial charge in [-0.2, -0.15) is 5.26 Å². The number of carbonyl (C=O) groups is 2. The van der Waals surface area contributed by atoms with Crippen LogP contribution in [0.25, 0.3) is 0 Å². The molecule has 0 atom stereocenters. The Morgan fingerprint density at radius 1 is 1.00 bits per heavy atom. The molecule has 0 bridgehead atoms. The summed E-state index contributed by atoms with van der Waals surface area (Å²) in [6.45, 7) is 6.10. The summed E-state index contributed by atoms with van der Waals surface area (Å²) in [5, 5.41) is 8.87. The van der Waals surface area contributed by atoms with Gasteiger partial charge in [0, 0.05) is 0 Å². The Kier molecular flexibility index (Phi) is 4.92. The SMILES string of the molecule is CC.Cc1cc(C#N)ccc1CN1C(=O)c2ccccc2C1=O. The summed E-state index contributed by atoms with van der Waals surface area (Å²) in [4.78, 5) is 25.8. The second-order valence-electron chi connectivity index (χ2n) is 5.00.